The maximum absolute atomic E-state index is 12.4. The van der Waals surface area contributed by atoms with E-state index in [0.717, 1.165) is 0 Å². The van der Waals surface area contributed by atoms with Gasteiger partial charge >= 0.3 is 0 Å². The van der Waals surface area contributed by atoms with Crippen LogP contribution in [0.3, 0.4) is 0 Å². The van der Waals surface area contributed by atoms with Crippen molar-refractivity contribution in [1.29, 1.82) is 0 Å². The number of aryl methyl sites for hydroxylation is 1. The Bertz CT molecular complexity index is 857. The smallest absolute Gasteiger partial charge is 0.270 e. The van der Waals surface area contributed by atoms with Crippen LogP contribution in [0.5, 0.6) is 0 Å². The number of carbonyl (C=O) groups excluding carboxylic acids is 1. The number of nitrogens with one attached hydrogen (secondary N) is 1. The predicted octanol–water partition coefficient (Wildman–Crippen LogP) is 1.14. The number of imidazole rings is 1. The summed E-state index contributed by atoms with van der Waals surface area (Å²) in [6.45, 7) is 1.79. The van der Waals surface area contributed by atoms with Crippen LogP contribution in [0.1, 0.15) is 27.9 Å². The molecule has 0 unspecified atom stereocenters. The third-order valence-corrected chi connectivity index (χ3v) is 3.47. The van der Waals surface area contributed by atoms with Crippen LogP contribution in [0.15, 0.2) is 22.9 Å². The monoisotopic (exact) mass is 335 g/mol. The zero-order chi connectivity index (χ0) is 16.4. The first-order valence-corrected chi connectivity index (χ1v) is 7.31. The highest BCUT2D eigenvalue weighted by atomic mass is 35.5. The molecule has 0 atom stereocenters. The maximum atomic E-state index is 12.4. The lowest BCUT2D eigenvalue weighted by Crippen LogP contribution is -2.27. The van der Waals surface area contributed by atoms with Gasteiger partial charge in [-0.25, -0.2) is 4.98 Å². The van der Waals surface area contributed by atoms with Crippen LogP contribution in [0.2, 0.25) is 5.02 Å². The minimum Gasteiger partial charge on any atom is -0.387 e. The quantitative estimate of drug-likeness (QED) is 0.724. The van der Waals surface area contributed by atoms with Gasteiger partial charge in [0.25, 0.3) is 11.8 Å². The molecule has 0 saturated heterocycles. The van der Waals surface area contributed by atoms with E-state index in [0.29, 0.717) is 40.8 Å². The molecule has 0 aliphatic heterocycles. The van der Waals surface area contributed by atoms with Crippen molar-refractivity contribution in [2.45, 2.75) is 20.0 Å². The summed E-state index contributed by atoms with van der Waals surface area (Å²) in [6.07, 6.45) is 2.05. The fourth-order valence-electron chi connectivity index (χ4n) is 2.24. The average Bonchev–Trinajstić information content (AvgIpc) is 3.10. The van der Waals surface area contributed by atoms with Gasteiger partial charge in [-0.3, -0.25) is 9.20 Å². The van der Waals surface area contributed by atoms with E-state index < -0.39 is 0 Å². The molecular weight excluding hydrogens is 322 g/mol. The molecular formula is C14H14ClN5O3. The Hall–Kier alpha value is -2.45. The topological polar surface area (TPSA) is 106 Å². The molecule has 23 heavy (non-hydrogen) atoms. The second-order valence-electron chi connectivity index (χ2n) is 4.89. The molecule has 0 aliphatic carbocycles. The van der Waals surface area contributed by atoms with Crippen molar-refractivity contribution in [3.8, 4) is 0 Å². The van der Waals surface area contributed by atoms with E-state index in [1.165, 1.54) is 0 Å². The van der Waals surface area contributed by atoms with Gasteiger partial charge in [-0.15, -0.1) is 0 Å². The number of rotatable bonds is 5. The second-order valence-corrected chi connectivity index (χ2v) is 5.33. The van der Waals surface area contributed by atoms with Gasteiger partial charge in [0.2, 0.25) is 0 Å². The molecule has 3 rings (SSSR count). The molecule has 0 radical (unpaired) electrons. The Labute approximate surface area is 136 Å². The van der Waals surface area contributed by atoms with Crippen molar-refractivity contribution in [2.75, 3.05) is 6.54 Å². The SMILES string of the molecule is Cc1nc2ccc(Cl)cn2c1C(=O)NCCc1noc(CO)n1. The fourth-order valence-corrected chi connectivity index (χ4v) is 2.40. The lowest BCUT2D eigenvalue weighted by atomic mass is 10.3. The van der Waals surface area contributed by atoms with Gasteiger partial charge in [-0.05, 0) is 19.1 Å². The number of hydrogen-bond donors (Lipinski definition) is 2. The van der Waals surface area contributed by atoms with Crippen LogP contribution < -0.4 is 5.32 Å². The van der Waals surface area contributed by atoms with E-state index in [1.807, 2.05) is 0 Å². The maximum Gasteiger partial charge on any atom is 0.270 e. The first kappa shape index (κ1) is 15.4. The predicted molar refractivity (Wildman–Crippen MR) is 81.2 cm³/mol. The van der Waals surface area contributed by atoms with Crippen LogP contribution in [-0.4, -0.2) is 37.1 Å². The zero-order valence-electron chi connectivity index (χ0n) is 12.3. The average molecular weight is 336 g/mol. The van der Waals surface area contributed by atoms with Crippen LogP contribution in [0.25, 0.3) is 5.65 Å². The van der Waals surface area contributed by atoms with Crippen molar-refractivity contribution in [1.82, 2.24) is 24.8 Å². The van der Waals surface area contributed by atoms with Crippen LogP contribution >= 0.6 is 11.6 Å². The van der Waals surface area contributed by atoms with Gasteiger partial charge in [-0.2, -0.15) is 4.98 Å². The number of hydrogen-bond acceptors (Lipinski definition) is 6. The molecule has 120 valence electrons. The highest BCUT2D eigenvalue weighted by Crippen LogP contribution is 2.16. The Kier molecular flexibility index (Phi) is 4.26. The third kappa shape index (κ3) is 3.17. The van der Waals surface area contributed by atoms with Crippen molar-refractivity contribution in [3.05, 3.63) is 46.5 Å². The Morgan fingerprint density at radius 3 is 3.00 bits per heavy atom. The van der Waals surface area contributed by atoms with Gasteiger partial charge in [0.15, 0.2) is 5.82 Å². The minimum absolute atomic E-state index is 0.151. The fraction of sp³-hybridized carbons (Fsp3) is 0.286. The summed E-state index contributed by atoms with van der Waals surface area (Å²) < 4.78 is 6.44. The lowest BCUT2D eigenvalue weighted by molar-refractivity contribution is 0.0947. The van der Waals surface area contributed by atoms with Crippen LogP contribution in [-0.2, 0) is 13.0 Å². The largest absolute Gasteiger partial charge is 0.387 e. The van der Waals surface area contributed by atoms with E-state index in [4.69, 9.17) is 21.2 Å². The number of pyridine rings is 1. The van der Waals surface area contributed by atoms with E-state index in [-0.39, 0.29) is 18.4 Å². The van der Waals surface area contributed by atoms with Crippen LogP contribution in [0, 0.1) is 6.92 Å². The summed E-state index contributed by atoms with van der Waals surface area (Å²) in [5.41, 5.74) is 1.71. The molecule has 3 heterocycles. The number of halogens is 1. The van der Waals surface area contributed by atoms with Gasteiger partial charge in [0.05, 0.1) is 10.7 Å². The number of amides is 1. The van der Waals surface area contributed by atoms with E-state index >= 15 is 0 Å². The number of aromatic nitrogens is 4. The molecule has 2 N–H and O–H groups in total. The number of fused-ring (bicyclic) bond motifs is 1. The lowest BCUT2D eigenvalue weighted by Gasteiger charge is -2.05. The molecule has 3 aromatic heterocycles. The van der Waals surface area contributed by atoms with Gasteiger partial charge in [-0.1, -0.05) is 16.8 Å². The molecule has 0 aromatic carbocycles. The number of aliphatic hydroxyl groups excluding tert-OH is 1. The summed E-state index contributed by atoms with van der Waals surface area (Å²) in [7, 11) is 0. The molecule has 0 bridgehead atoms. The molecule has 0 spiro atoms. The zero-order valence-corrected chi connectivity index (χ0v) is 13.0. The van der Waals surface area contributed by atoms with E-state index in [1.54, 1.807) is 29.7 Å². The molecule has 0 aliphatic rings. The molecule has 0 fully saturated rings. The summed E-state index contributed by atoms with van der Waals surface area (Å²) in [5.74, 6) is 0.314. The van der Waals surface area contributed by atoms with Gasteiger partial charge < -0.3 is 14.9 Å². The minimum atomic E-state index is -0.304. The molecule has 0 saturated carbocycles. The van der Waals surface area contributed by atoms with Gasteiger partial charge in [0, 0.05) is 19.2 Å². The molecule has 8 nitrogen and oxygen atoms in total. The van der Waals surface area contributed by atoms with Crippen molar-refractivity contribution >= 4 is 23.2 Å². The standard InChI is InChI=1S/C14H14ClN5O3/c1-8-13(20-6-9(15)2-3-11(20)17-8)14(22)16-5-4-10-18-12(7-21)23-19-10/h2-3,6,21H,4-5,7H2,1H3,(H,16,22). The Morgan fingerprint density at radius 2 is 2.26 bits per heavy atom. The molecule has 1 amide bonds. The van der Waals surface area contributed by atoms with Crippen molar-refractivity contribution in [3.63, 3.8) is 0 Å². The highest BCUT2D eigenvalue weighted by molar-refractivity contribution is 6.30. The van der Waals surface area contributed by atoms with Crippen LogP contribution in [0.4, 0.5) is 0 Å². The van der Waals surface area contributed by atoms with Crippen molar-refractivity contribution in [2.24, 2.45) is 0 Å². The number of carbonyl (C=O) groups is 1. The van der Waals surface area contributed by atoms with Gasteiger partial charge in [0.1, 0.15) is 17.9 Å². The number of aliphatic hydroxyl groups is 1. The van der Waals surface area contributed by atoms with Crippen molar-refractivity contribution < 1.29 is 14.4 Å². The summed E-state index contributed by atoms with van der Waals surface area (Å²) >= 11 is 5.98. The Balaban J connectivity index is 1.71. The first-order valence-electron chi connectivity index (χ1n) is 6.93. The van der Waals surface area contributed by atoms with E-state index in [9.17, 15) is 4.79 Å². The van der Waals surface area contributed by atoms with E-state index in [2.05, 4.69) is 20.4 Å². The number of nitrogens with zero attached hydrogens (tertiary/aromatic N) is 4. The summed E-state index contributed by atoms with van der Waals surface area (Å²) in [4.78, 5) is 20.7. The first-order chi connectivity index (χ1) is 11.1. The summed E-state index contributed by atoms with van der Waals surface area (Å²) in [6, 6.07) is 3.47. The summed E-state index contributed by atoms with van der Waals surface area (Å²) in [5, 5.41) is 15.9. The second kappa shape index (κ2) is 6.35. The highest BCUT2D eigenvalue weighted by Gasteiger charge is 2.16. The molecule has 9 heteroatoms. The molecule has 3 aromatic rings. The third-order valence-electron chi connectivity index (χ3n) is 3.25. The Morgan fingerprint density at radius 1 is 1.43 bits per heavy atom. The normalized spacial score (nSPS) is 11.1.